The van der Waals surface area contributed by atoms with Crippen LogP contribution in [0, 0.1) is 46.3 Å². The number of aliphatic hydroxyl groups is 5. The summed E-state index contributed by atoms with van der Waals surface area (Å²) < 4.78 is 113. The highest BCUT2D eigenvalue weighted by Crippen LogP contribution is 2.70. The fraction of sp³-hybridized carbons (Fsp3) is 0.702. The number of alkyl halides is 6. The average molecular weight is 917 g/mol. The van der Waals surface area contributed by atoms with Crippen molar-refractivity contribution in [1.29, 1.82) is 0 Å². The van der Waals surface area contributed by atoms with Gasteiger partial charge in [-0.15, -0.1) is 0 Å². The van der Waals surface area contributed by atoms with Crippen LogP contribution >= 0.6 is 0 Å². The van der Waals surface area contributed by atoms with E-state index in [1.807, 2.05) is 13.8 Å². The van der Waals surface area contributed by atoms with Crippen LogP contribution < -0.4 is 0 Å². The van der Waals surface area contributed by atoms with Gasteiger partial charge in [0.15, 0.2) is 0 Å². The predicted molar refractivity (Wildman–Crippen MR) is 218 cm³/mol. The highest BCUT2D eigenvalue weighted by molar-refractivity contribution is 5.84. The number of ether oxygens (including phenoxy) is 4. The van der Waals surface area contributed by atoms with Crippen LogP contribution in [-0.4, -0.2) is 106 Å². The fourth-order valence-electron chi connectivity index (χ4n) is 13.1. The lowest BCUT2D eigenvalue weighted by Gasteiger charge is -2.66. The number of rotatable bonds is 13. The lowest BCUT2D eigenvalue weighted by Crippen LogP contribution is -2.70. The van der Waals surface area contributed by atoms with Crippen molar-refractivity contribution in [2.24, 2.45) is 46.3 Å². The van der Waals surface area contributed by atoms with Crippen molar-refractivity contribution in [3.63, 3.8) is 0 Å². The second-order valence-electron chi connectivity index (χ2n) is 19.6. The van der Waals surface area contributed by atoms with Crippen molar-refractivity contribution >= 4 is 11.9 Å². The van der Waals surface area contributed by atoms with Crippen LogP contribution in [0.4, 0.5) is 26.3 Å². The van der Waals surface area contributed by atoms with Crippen molar-refractivity contribution in [2.75, 3.05) is 14.2 Å². The quantitative estimate of drug-likeness (QED) is 0.106. The normalized spacial score (nSPS) is 36.3. The Balaban J connectivity index is 1.40. The molecule has 0 bridgehead atoms. The van der Waals surface area contributed by atoms with Gasteiger partial charge in [0, 0.05) is 43.6 Å². The highest BCUT2D eigenvalue weighted by atomic mass is 19.4. The topological polar surface area (TPSA) is 172 Å². The van der Waals surface area contributed by atoms with Gasteiger partial charge in [0.1, 0.15) is 12.2 Å². The Labute approximate surface area is 369 Å². The number of methoxy groups -OCH3 is 2. The van der Waals surface area contributed by atoms with Gasteiger partial charge in [-0.2, -0.15) is 26.3 Å². The standard InChI is InChI=1S/C47H62F6O11/c1-25(2)37(64-40(59)45(62-7,47(51,52)53)28-16-12-9-13-17-28)33(63-39(58)44(61-6,46(48,49)50)27-14-10-8-11-15-27)22-26(3)29-23-31(55)38-41(29,4)21-19-34-42(5)20-18-30(54)36(57)35(42)32(56)24-43(34,38)60/h8-17,25-26,29-38,54-57,60H,18-24H2,1-7H3/t26-,29-,30+,31-,32?,33-,34-,35?,36+,37+,38-,41-,42-,43+,44+,45+/m1/s1. The molecule has 2 aromatic rings. The van der Waals surface area contributed by atoms with Crippen LogP contribution in [0.5, 0.6) is 0 Å². The van der Waals surface area contributed by atoms with Gasteiger partial charge in [0.25, 0.3) is 11.2 Å². The first kappa shape index (κ1) is 50.1. The Bertz CT molecular complexity index is 1950. The summed E-state index contributed by atoms with van der Waals surface area (Å²) in [5, 5.41) is 58.0. The Morgan fingerprint density at radius 1 is 0.719 bits per heavy atom. The van der Waals surface area contributed by atoms with E-state index in [-0.39, 0.29) is 25.7 Å². The monoisotopic (exact) mass is 916 g/mol. The highest BCUT2D eigenvalue weighted by Gasteiger charge is 2.72. The van der Waals surface area contributed by atoms with E-state index in [9.17, 15) is 35.1 Å². The summed E-state index contributed by atoms with van der Waals surface area (Å²) in [6, 6.07) is 11.9. The third kappa shape index (κ3) is 7.85. The molecule has 0 amide bonds. The first-order valence-corrected chi connectivity index (χ1v) is 21.9. The average Bonchev–Trinajstić information content (AvgIpc) is 3.49. The van der Waals surface area contributed by atoms with Crippen molar-refractivity contribution < 1.29 is 80.4 Å². The third-order valence-corrected chi connectivity index (χ3v) is 16.0. The van der Waals surface area contributed by atoms with E-state index in [2.05, 4.69) is 0 Å². The Hall–Kier alpha value is -3.32. The molecule has 0 spiro atoms. The number of esters is 2. The van der Waals surface area contributed by atoms with Gasteiger partial charge in [0.05, 0.1) is 30.0 Å². The summed E-state index contributed by atoms with van der Waals surface area (Å²) >= 11 is 0. The van der Waals surface area contributed by atoms with Crippen LogP contribution in [0.25, 0.3) is 0 Å². The van der Waals surface area contributed by atoms with Gasteiger partial charge >= 0.3 is 24.3 Å². The number of halogens is 6. The van der Waals surface area contributed by atoms with Crippen molar-refractivity contribution in [2.45, 2.75) is 145 Å². The molecule has 17 heteroatoms. The summed E-state index contributed by atoms with van der Waals surface area (Å²) in [5.74, 6) is -8.29. The van der Waals surface area contributed by atoms with Crippen LogP contribution in [0.2, 0.25) is 0 Å². The number of carbonyl (C=O) groups is 2. The number of hydrogen-bond donors (Lipinski definition) is 5. The molecule has 0 heterocycles. The molecule has 6 rings (SSSR count). The molecule has 4 aliphatic carbocycles. The second-order valence-corrected chi connectivity index (χ2v) is 19.6. The maximum atomic E-state index is 15.3. The molecule has 0 radical (unpaired) electrons. The van der Waals surface area contributed by atoms with Gasteiger partial charge in [-0.1, -0.05) is 95.3 Å². The number of aliphatic hydroxyl groups excluding tert-OH is 4. The zero-order valence-electron chi connectivity index (χ0n) is 37.1. The first-order valence-electron chi connectivity index (χ1n) is 21.9. The lowest BCUT2D eigenvalue weighted by molar-refractivity contribution is -0.287. The molecule has 11 nitrogen and oxygen atoms in total. The Kier molecular flexibility index (Phi) is 13.9. The molecular formula is C47H62F6O11. The Morgan fingerprint density at radius 2 is 1.20 bits per heavy atom. The van der Waals surface area contributed by atoms with Crippen LogP contribution in [0.15, 0.2) is 60.7 Å². The van der Waals surface area contributed by atoms with E-state index in [1.54, 1.807) is 6.92 Å². The molecule has 2 unspecified atom stereocenters. The van der Waals surface area contributed by atoms with Crippen molar-refractivity contribution in [3.05, 3.63) is 71.8 Å². The van der Waals surface area contributed by atoms with Crippen LogP contribution in [0.3, 0.4) is 0 Å². The predicted octanol–water partition coefficient (Wildman–Crippen LogP) is 6.75. The smallest absolute Gasteiger partial charge is 0.432 e. The molecule has 0 aliphatic heterocycles. The van der Waals surface area contributed by atoms with Gasteiger partial charge in [-0.3, -0.25) is 0 Å². The largest absolute Gasteiger partial charge is 0.456 e. The lowest BCUT2D eigenvalue weighted by atomic mass is 9.41. The van der Waals surface area contributed by atoms with E-state index in [0.717, 1.165) is 24.3 Å². The van der Waals surface area contributed by atoms with E-state index in [4.69, 9.17) is 18.9 Å². The van der Waals surface area contributed by atoms with E-state index in [0.29, 0.717) is 33.5 Å². The molecule has 16 atom stereocenters. The van der Waals surface area contributed by atoms with Crippen LogP contribution in [0.1, 0.15) is 90.7 Å². The Morgan fingerprint density at radius 3 is 1.67 bits per heavy atom. The zero-order chi connectivity index (χ0) is 47.6. The minimum atomic E-state index is -5.44. The minimum Gasteiger partial charge on any atom is -0.456 e. The molecule has 2 aromatic carbocycles. The molecule has 4 aliphatic rings. The summed E-state index contributed by atoms with van der Waals surface area (Å²) in [7, 11) is 1.33. The number of hydrogen-bond acceptors (Lipinski definition) is 11. The SMILES string of the molecule is CO[C@](C(=O)O[C@H](C[C@@H](C)[C@H]1C[C@@H](O)[C@@H]2[C@]1(C)CC[C@H]1[C@@]2(O)CC(O)C2[C@@H](O)[C@@H](O)CC[C@@]21C)[C@@H](OC(=O)[C@@](OC)(c1ccccc1)C(F)(F)F)C(C)C)(c1ccccc1)C(F)(F)F. The maximum absolute atomic E-state index is 15.3. The van der Waals surface area contributed by atoms with Gasteiger partial charge < -0.3 is 44.5 Å². The molecule has 64 heavy (non-hydrogen) atoms. The van der Waals surface area contributed by atoms with E-state index in [1.165, 1.54) is 50.2 Å². The molecular weight excluding hydrogens is 854 g/mol. The summed E-state index contributed by atoms with van der Waals surface area (Å²) in [5.41, 5.74) is -12.1. The summed E-state index contributed by atoms with van der Waals surface area (Å²) in [4.78, 5) is 28.5. The van der Waals surface area contributed by atoms with Crippen molar-refractivity contribution in [3.8, 4) is 0 Å². The molecule has 4 fully saturated rings. The fourth-order valence-corrected chi connectivity index (χ4v) is 13.1. The molecule has 4 saturated carbocycles. The third-order valence-electron chi connectivity index (χ3n) is 16.0. The maximum Gasteiger partial charge on any atom is 0.432 e. The molecule has 0 aromatic heterocycles. The first-order chi connectivity index (χ1) is 29.7. The minimum absolute atomic E-state index is 0.0468. The zero-order valence-corrected chi connectivity index (χ0v) is 37.1. The number of carbonyl (C=O) groups excluding carboxylic acids is 2. The van der Waals surface area contributed by atoms with Gasteiger partial charge in [-0.25, -0.2) is 9.59 Å². The summed E-state index contributed by atoms with van der Waals surface area (Å²) in [6.07, 6.45) is -18.3. The van der Waals surface area contributed by atoms with E-state index < -0.39 is 135 Å². The molecule has 5 N–H and O–H groups in total. The molecule has 358 valence electrons. The number of fused-ring (bicyclic) bond motifs is 5. The molecule has 0 saturated heterocycles. The summed E-state index contributed by atoms with van der Waals surface area (Å²) in [6.45, 7) is 8.32. The van der Waals surface area contributed by atoms with Crippen molar-refractivity contribution in [1.82, 2.24) is 0 Å². The number of benzene rings is 2. The van der Waals surface area contributed by atoms with Gasteiger partial charge in [-0.05, 0) is 73.0 Å². The van der Waals surface area contributed by atoms with Crippen LogP contribution in [-0.2, 0) is 39.7 Å². The van der Waals surface area contributed by atoms with Gasteiger partial charge in [0.2, 0.25) is 0 Å². The van der Waals surface area contributed by atoms with E-state index >= 15 is 26.3 Å². The second kappa shape index (κ2) is 17.7.